The van der Waals surface area contributed by atoms with Gasteiger partial charge >= 0.3 is 0 Å². The van der Waals surface area contributed by atoms with Crippen LogP contribution in [0.5, 0.6) is 0 Å². The maximum absolute atomic E-state index is 13.8. The lowest BCUT2D eigenvalue weighted by molar-refractivity contribution is -0.137. The molecule has 1 saturated heterocycles. The van der Waals surface area contributed by atoms with E-state index in [0.29, 0.717) is 23.9 Å². The maximum atomic E-state index is 13.8. The molecule has 1 heterocycles. The van der Waals surface area contributed by atoms with E-state index in [-0.39, 0.29) is 36.3 Å². The molecule has 0 spiro atoms. The van der Waals surface area contributed by atoms with Gasteiger partial charge in [0.25, 0.3) is 0 Å². The van der Waals surface area contributed by atoms with Crippen molar-refractivity contribution in [3.8, 4) is 0 Å². The summed E-state index contributed by atoms with van der Waals surface area (Å²) >= 11 is 1.51. The van der Waals surface area contributed by atoms with Gasteiger partial charge in [-0.1, -0.05) is 25.1 Å². The number of likely N-dealkylation sites (tertiary alicyclic amines) is 1. The van der Waals surface area contributed by atoms with Crippen LogP contribution in [-0.2, 0) is 9.53 Å². The third kappa shape index (κ3) is 7.22. The number of allylic oxidation sites excluding steroid dienone is 1. The van der Waals surface area contributed by atoms with Gasteiger partial charge in [0.2, 0.25) is 5.91 Å². The third-order valence-corrected chi connectivity index (χ3v) is 6.38. The second-order valence-corrected chi connectivity index (χ2v) is 8.91. The Morgan fingerprint density at radius 1 is 1.43 bits per heavy atom. The smallest absolute Gasteiger partial charge is 0.248 e. The largest absolute Gasteiger partial charge is 0.392 e. The van der Waals surface area contributed by atoms with Crippen molar-refractivity contribution in [3.05, 3.63) is 41.7 Å². The Labute approximate surface area is 172 Å². The minimum absolute atomic E-state index is 0.000591. The minimum atomic E-state index is -0.203. The molecule has 1 fully saturated rings. The number of thioether (sulfide) groups is 1. The Hall–Kier alpha value is -1.37. The number of hydrogen-bond acceptors (Lipinski definition) is 4. The molecule has 1 aromatic carbocycles. The second-order valence-electron chi connectivity index (χ2n) is 7.57. The number of amides is 1. The summed E-state index contributed by atoms with van der Waals surface area (Å²) in [6, 6.07) is 6.77. The molecule has 1 aliphatic rings. The summed E-state index contributed by atoms with van der Waals surface area (Å²) in [6.45, 7) is 7.56. The molecular formula is C22H32FNO3S. The van der Waals surface area contributed by atoms with Gasteiger partial charge in [0.1, 0.15) is 12.4 Å². The first-order valence-corrected chi connectivity index (χ1v) is 10.9. The van der Waals surface area contributed by atoms with E-state index in [1.807, 2.05) is 30.9 Å². The normalized spacial score (nSPS) is 19.7. The van der Waals surface area contributed by atoms with Crippen molar-refractivity contribution >= 4 is 17.7 Å². The molecule has 2 rings (SSSR count). The molecule has 0 aromatic heterocycles. The predicted octanol–water partition coefficient (Wildman–Crippen LogP) is 4.28. The molecule has 0 aliphatic carbocycles. The van der Waals surface area contributed by atoms with E-state index in [0.717, 1.165) is 24.8 Å². The Kier molecular flexibility index (Phi) is 9.48. The number of rotatable bonds is 10. The Bertz CT molecular complexity index is 667. The van der Waals surface area contributed by atoms with Gasteiger partial charge in [0, 0.05) is 23.2 Å². The summed E-state index contributed by atoms with van der Waals surface area (Å²) in [7, 11) is 0. The van der Waals surface area contributed by atoms with Crippen LogP contribution in [0.25, 0.3) is 0 Å². The van der Waals surface area contributed by atoms with Gasteiger partial charge in [-0.15, -0.1) is 11.8 Å². The van der Waals surface area contributed by atoms with E-state index in [4.69, 9.17) is 4.74 Å². The van der Waals surface area contributed by atoms with Crippen molar-refractivity contribution in [1.29, 1.82) is 0 Å². The van der Waals surface area contributed by atoms with E-state index in [1.165, 1.54) is 17.8 Å². The number of hydrogen-bond donors (Lipinski definition) is 1. The number of halogens is 1. The highest BCUT2D eigenvalue weighted by Crippen LogP contribution is 2.31. The van der Waals surface area contributed by atoms with Crippen LogP contribution in [0.15, 0.2) is 40.8 Å². The van der Waals surface area contributed by atoms with Crippen molar-refractivity contribution in [1.82, 2.24) is 4.90 Å². The van der Waals surface area contributed by atoms with Crippen LogP contribution in [0.2, 0.25) is 0 Å². The van der Waals surface area contributed by atoms with Crippen LogP contribution in [0.1, 0.15) is 40.0 Å². The summed E-state index contributed by atoms with van der Waals surface area (Å²) in [4.78, 5) is 14.9. The zero-order chi connectivity index (χ0) is 20.5. The van der Waals surface area contributed by atoms with Crippen LogP contribution in [0.4, 0.5) is 4.39 Å². The van der Waals surface area contributed by atoms with Gasteiger partial charge in [-0.3, -0.25) is 4.79 Å². The summed E-state index contributed by atoms with van der Waals surface area (Å²) in [5, 5.41) is 9.48. The Morgan fingerprint density at radius 2 is 2.18 bits per heavy atom. The van der Waals surface area contributed by atoms with E-state index in [9.17, 15) is 14.3 Å². The molecule has 1 amide bonds. The van der Waals surface area contributed by atoms with Crippen molar-refractivity contribution in [2.24, 2.45) is 5.92 Å². The standard InChI is InChI=1S/C22H32FNO3S/c1-4-18(14-25)12-16(2)11-17(3)27-15-22(26)24-10-9-19(13-24)28-21-8-6-5-7-20(21)23/h4-8,16-17,19,25H,9-15H2,1-3H3/b18-4+/t16-,17+,19?/m0/s1. The van der Waals surface area contributed by atoms with E-state index in [2.05, 4.69) is 6.92 Å². The molecule has 1 unspecified atom stereocenters. The number of aliphatic hydroxyl groups is 1. The summed E-state index contributed by atoms with van der Waals surface area (Å²) in [5.74, 6) is 0.184. The van der Waals surface area contributed by atoms with Crippen molar-refractivity contribution in [3.63, 3.8) is 0 Å². The number of benzene rings is 1. The average Bonchev–Trinajstić information content (AvgIpc) is 3.14. The molecule has 1 aliphatic heterocycles. The molecular weight excluding hydrogens is 377 g/mol. The van der Waals surface area contributed by atoms with Crippen LogP contribution in [0, 0.1) is 11.7 Å². The van der Waals surface area contributed by atoms with Crippen molar-refractivity contribution in [2.75, 3.05) is 26.3 Å². The summed E-state index contributed by atoms with van der Waals surface area (Å²) < 4.78 is 19.6. The molecule has 0 bridgehead atoms. The quantitative estimate of drug-likeness (QED) is 0.586. The van der Waals surface area contributed by atoms with Crippen LogP contribution < -0.4 is 0 Å². The van der Waals surface area contributed by atoms with Crippen LogP contribution in [-0.4, -0.2) is 53.6 Å². The number of nitrogens with zero attached hydrogens (tertiary/aromatic N) is 1. The zero-order valence-electron chi connectivity index (χ0n) is 17.1. The fourth-order valence-corrected chi connectivity index (χ4v) is 4.69. The third-order valence-electron chi connectivity index (χ3n) is 5.08. The lowest BCUT2D eigenvalue weighted by atomic mass is 9.96. The van der Waals surface area contributed by atoms with Crippen LogP contribution in [0.3, 0.4) is 0 Å². The van der Waals surface area contributed by atoms with Gasteiger partial charge in [-0.2, -0.15) is 0 Å². The van der Waals surface area contributed by atoms with Gasteiger partial charge in [-0.25, -0.2) is 4.39 Å². The van der Waals surface area contributed by atoms with Crippen molar-refractivity contribution < 1.29 is 19.0 Å². The first kappa shape index (κ1) is 22.9. The number of carbonyl (C=O) groups is 1. The lowest BCUT2D eigenvalue weighted by Gasteiger charge is -2.21. The SMILES string of the molecule is C/C=C(/CO)C[C@@H](C)C[C@@H](C)OCC(=O)N1CCC(Sc2ccccc2F)C1. The number of aliphatic hydroxyl groups excluding tert-OH is 1. The highest BCUT2D eigenvalue weighted by Gasteiger charge is 2.27. The van der Waals surface area contributed by atoms with E-state index in [1.54, 1.807) is 12.1 Å². The fraction of sp³-hybridized carbons (Fsp3) is 0.591. The number of ether oxygens (including phenoxy) is 1. The Morgan fingerprint density at radius 3 is 2.86 bits per heavy atom. The summed E-state index contributed by atoms with van der Waals surface area (Å²) in [5.41, 5.74) is 1.03. The highest BCUT2D eigenvalue weighted by molar-refractivity contribution is 8.00. The topological polar surface area (TPSA) is 49.8 Å². The molecule has 6 heteroatoms. The molecule has 1 aromatic rings. The molecule has 0 radical (unpaired) electrons. The van der Waals surface area contributed by atoms with E-state index >= 15 is 0 Å². The summed E-state index contributed by atoms with van der Waals surface area (Å²) in [6.07, 6.45) is 4.49. The number of carbonyl (C=O) groups excluding carboxylic acids is 1. The average molecular weight is 410 g/mol. The molecule has 4 nitrogen and oxygen atoms in total. The highest BCUT2D eigenvalue weighted by atomic mass is 32.2. The Balaban J connectivity index is 1.71. The van der Waals surface area contributed by atoms with Crippen molar-refractivity contribution in [2.45, 2.75) is 56.3 Å². The van der Waals surface area contributed by atoms with Gasteiger partial charge in [0.05, 0.1) is 12.7 Å². The van der Waals surface area contributed by atoms with Gasteiger partial charge in [-0.05, 0) is 56.7 Å². The fourth-order valence-electron chi connectivity index (χ4n) is 3.51. The zero-order valence-corrected chi connectivity index (χ0v) is 17.9. The molecule has 1 N–H and O–H groups in total. The molecule has 28 heavy (non-hydrogen) atoms. The van der Waals surface area contributed by atoms with E-state index < -0.39 is 0 Å². The minimum Gasteiger partial charge on any atom is -0.392 e. The first-order chi connectivity index (χ1) is 13.4. The molecule has 3 atom stereocenters. The predicted molar refractivity (Wildman–Crippen MR) is 112 cm³/mol. The van der Waals surface area contributed by atoms with Gasteiger partial charge in [0.15, 0.2) is 0 Å². The monoisotopic (exact) mass is 409 g/mol. The maximum Gasteiger partial charge on any atom is 0.248 e. The van der Waals surface area contributed by atoms with Crippen LogP contribution >= 0.6 is 11.8 Å². The second kappa shape index (κ2) is 11.6. The molecule has 156 valence electrons. The molecule has 0 saturated carbocycles. The first-order valence-electron chi connectivity index (χ1n) is 9.98. The lowest BCUT2D eigenvalue weighted by Crippen LogP contribution is -2.33. The van der Waals surface area contributed by atoms with Gasteiger partial charge < -0.3 is 14.7 Å².